The quantitative estimate of drug-likeness (QED) is 0.743. The molecule has 0 bridgehead atoms. The Bertz CT molecular complexity index is 998. The number of hydrogen-bond donors (Lipinski definition) is 1. The van der Waals surface area contributed by atoms with Crippen LogP contribution in [-0.4, -0.2) is 21.0 Å². The molecular weight excluding hydrogens is 356 g/mol. The highest BCUT2D eigenvalue weighted by Crippen LogP contribution is 2.31. The third kappa shape index (κ3) is 3.18. The van der Waals surface area contributed by atoms with Crippen molar-refractivity contribution in [2.75, 3.05) is 5.32 Å². The number of fused-ring (bicyclic) bond motifs is 1. The van der Waals surface area contributed by atoms with Gasteiger partial charge in [-0.3, -0.25) is 4.79 Å². The predicted octanol–water partition coefficient (Wildman–Crippen LogP) is 4.43. The summed E-state index contributed by atoms with van der Waals surface area (Å²) in [6.07, 6.45) is 4.08. The molecule has 25 heavy (non-hydrogen) atoms. The summed E-state index contributed by atoms with van der Waals surface area (Å²) in [6, 6.07) is 9.16. The topological polar surface area (TPSA) is 67.2 Å². The van der Waals surface area contributed by atoms with Gasteiger partial charge in [0.1, 0.15) is 4.88 Å². The minimum absolute atomic E-state index is 0.190. The highest BCUT2D eigenvalue weighted by Gasteiger charge is 2.20. The van der Waals surface area contributed by atoms with Crippen LogP contribution in [0, 0.1) is 6.92 Å². The summed E-state index contributed by atoms with van der Waals surface area (Å²) >= 11 is 7.52. The van der Waals surface area contributed by atoms with Gasteiger partial charge in [-0.05, 0) is 48.3 Å². The van der Waals surface area contributed by atoms with Crippen LogP contribution in [0.1, 0.15) is 26.4 Å². The number of aryl methyl sites for hydroxylation is 1. The van der Waals surface area contributed by atoms with Crippen LogP contribution in [0.5, 0.6) is 0 Å². The van der Waals surface area contributed by atoms with E-state index in [1.54, 1.807) is 30.6 Å². The fraction of sp³-hybridized carbons (Fsp3) is 0.111. The van der Waals surface area contributed by atoms with Crippen LogP contribution >= 0.6 is 23.1 Å². The number of benzene rings is 1. The van der Waals surface area contributed by atoms with Crippen LogP contribution in [0.2, 0.25) is 5.02 Å². The normalized spacial score (nSPS) is 12.6. The van der Waals surface area contributed by atoms with Gasteiger partial charge >= 0.3 is 0 Å². The minimum Gasteiger partial charge on any atom is -0.321 e. The molecule has 1 aromatic carbocycles. The molecule has 3 heterocycles. The molecule has 0 atom stereocenters. The number of nitrogens with one attached hydrogen (secondary N) is 1. The second-order valence-corrected chi connectivity index (χ2v) is 7.00. The van der Waals surface area contributed by atoms with Gasteiger partial charge in [-0.1, -0.05) is 17.7 Å². The molecule has 0 aliphatic carbocycles. The van der Waals surface area contributed by atoms with Crippen molar-refractivity contribution < 1.29 is 4.79 Å². The number of pyridine rings is 1. The Hall–Kier alpha value is -2.57. The molecule has 0 saturated heterocycles. The van der Waals surface area contributed by atoms with Crippen molar-refractivity contribution in [2.45, 2.75) is 13.3 Å². The van der Waals surface area contributed by atoms with Crippen molar-refractivity contribution in [1.82, 2.24) is 9.36 Å². The number of halogens is 1. The lowest BCUT2D eigenvalue weighted by atomic mass is 10.0. The first kappa shape index (κ1) is 15.9. The fourth-order valence-electron chi connectivity index (χ4n) is 2.71. The van der Waals surface area contributed by atoms with E-state index in [4.69, 9.17) is 11.6 Å². The summed E-state index contributed by atoms with van der Waals surface area (Å²) in [7, 11) is 0. The maximum Gasteiger partial charge on any atom is 0.267 e. The van der Waals surface area contributed by atoms with Crippen LogP contribution in [0.4, 0.5) is 11.5 Å². The largest absolute Gasteiger partial charge is 0.321 e. The highest BCUT2D eigenvalue weighted by molar-refractivity contribution is 7.08. The van der Waals surface area contributed by atoms with Crippen LogP contribution in [0.15, 0.2) is 47.7 Å². The molecule has 0 unspecified atom stereocenters. The number of nitrogens with zero attached hydrogens (tertiary/aromatic N) is 3. The van der Waals surface area contributed by atoms with Gasteiger partial charge < -0.3 is 5.32 Å². The first-order valence-corrected chi connectivity index (χ1v) is 8.80. The van der Waals surface area contributed by atoms with Crippen molar-refractivity contribution in [3.63, 3.8) is 0 Å². The average molecular weight is 369 g/mol. The summed E-state index contributed by atoms with van der Waals surface area (Å²) in [4.78, 5) is 21.7. The second kappa shape index (κ2) is 6.38. The number of anilines is 1. The molecule has 4 rings (SSSR count). The van der Waals surface area contributed by atoms with Crippen molar-refractivity contribution in [1.29, 1.82) is 0 Å². The van der Waals surface area contributed by atoms with Crippen LogP contribution < -0.4 is 5.32 Å². The molecule has 7 heteroatoms. The van der Waals surface area contributed by atoms with E-state index in [9.17, 15) is 4.79 Å². The first-order chi connectivity index (χ1) is 12.1. The minimum atomic E-state index is -0.190. The SMILES string of the molecule is Cc1cnc2c(c1)CC(c1cc(NC(=O)c3ccns3)ccc1Cl)=N2. The van der Waals surface area contributed by atoms with Crippen LogP contribution in [0.25, 0.3) is 0 Å². The summed E-state index contributed by atoms with van der Waals surface area (Å²) in [5, 5.41) is 3.46. The van der Waals surface area contributed by atoms with E-state index in [0.29, 0.717) is 22.0 Å². The van der Waals surface area contributed by atoms with Crippen molar-refractivity contribution in [3.8, 4) is 0 Å². The van der Waals surface area contributed by atoms with E-state index in [2.05, 4.69) is 25.7 Å². The number of carbonyl (C=O) groups excluding carboxylic acids is 1. The van der Waals surface area contributed by atoms with E-state index in [1.807, 2.05) is 13.0 Å². The van der Waals surface area contributed by atoms with Gasteiger partial charge in [0, 0.05) is 40.7 Å². The summed E-state index contributed by atoms with van der Waals surface area (Å²) in [5.74, 6) is 0.542. The molecule has 1 aliphatic heterocycles. The van der Waals surface area contributed by atoms with E-state index in [0.717, 1.165) is 39.8 Å². The first-order valence-electron chi connectivity index (χ1n) is 7.65. The number of aliphatic imine (C=N–C) groups is 1. The molecule has 5 nitrogen and oxygen atoms in total. The predicted molar refractivity (Wildman–Crippen MR) is 100 cm³/mol. The Morgan fingerprint density at radius 1 is 1.28 bits per heavy atom. The summed E-state index contributed by atoms with van der Waals surface area (Å²) in [5.41, 5.74) is 4.52. The standard InChI is InChI=1S/C18H13ClN4OS/c1-10-6-11-7-15(23-17(11)20-9-10)13-8-12(2-3-14(13)19)22-18(24)16-4-5-21-25-16/h2-6,8-9H,7H2,1H3,(H,22,24). The van der Waals surface area contributed by atoms with Gasteiger partial charge in [-0.25, -0.2) is 14.3 Å². The molecular formula is C18H13ClN4OS. The molecule has 1 amide bonds. The molecule has 0 fully saturated rings. The highest BCUT2D eigenvalue weighted by atomic mass is 35.5. The van der Waals surface area contributed by atoms with Crippen molar-refractivity contribution in [2.24, 2.45) is 4.99 Å². The smallest absolute Gasteiger partial charge is 0.267 e. The Morgan fingerprint density at radius 2 is 2.16 bits per heavy atom. The number of amides is 1. The number of aromatic nitrogens is 2. The van der Waals surface area contributed by atoms with E-state index in [-0.39, 0.29) is 5.91 Å². The Kier molecular flexibility index (Phi) is 4.07. The Labute approximate surface area is 153 Å². The lowest BCUT2D eigenvalue weighted by Gasteiger charge is -2.08. The number of hydrogen-bond acceptors (Lipinski definition) is 5. The maximum atomic E-state index is 12.2. The zero-order chi connectivity index (χ0) is 17.4. The zero-order valence-electron chi connectivity index (χ0n) is 13.3. The van der Waals surface area contributed by atoms with Crippen LogP contribution in [0.3, 0.4) is 0 Å². The third-order valence-corrected chi connectivity index (χ3v) is 4.95. The lowest BCUT2D eigenvalue weighted by molar-refractivity contribution is 0.103. The van der Waals surface area contributed by atoms with Crippen LogP contribution in [-0.2, 0) is 6.42 Å². The van der Waals surface area contributed by atoms with E-state index >= 15 is 0 Å². The maximum absolute atomic E-state index is 12.2. The molecule has 2 aromatic heterocycles. The molecule has 3 aromatic rings. The summed E-state index contributed by atoms with van der Waals surface area (Å²) in [6.45, 7) is 2.01. The van der Waals surface area contributed by atoms with E-state index in [1.165, 1.54) is 0 Å². The molecule has 124 valence electrons. The summed E-state index contributed by atoms with van der Waals surface area (Å²) < 4.78 is 3.94. The van der Waals surface area contributed by atoms with E-state index < -0.39 is 0 Å². The molecule has 0 spiro atoms. The zero-order valence-corrected chi connectivity index (χ0v) is 14.9. The molecule has 1 aliphatic rings. The molecule has 1 N–H and O–H groups in total. The second-order valence-electron chi connectivity index (χ2n) is 5.76. The van der Waals surface area contributed by atoms with Gasteiger partial charge in [0.05, 0.1) is 5.71 Å². The average Bonchev–Trinajstić information content (AvgIpc) is 3.25. The number of carbonyl (C=O) groups is 1. The van der Waals surface area contributed by atoms with Gasteiger partial charge in [0.25, 0.3) is 5.91 Å². The lowest BCUT2D eigenvalue weighted by Crippen LogP contribution is -2.11. The monoisotopic (exact) mass is 368 g/mol. The van der Waals surface area contributed by atoms with Gasteiger partial charge in [0.2, 0.25) is 0 Å². The number of rotatable bonds is 3. The fourth-order valence-corrected chi connectivity index (χ4v) is 3.42. The van der Waals surface area contributed by atoms with Gasteiger partial charge in [-0.15, -0.1) is 0 Å². The van der Waals surface area contributed by atoms with Gasteiger partial charge in [0.15, 0.2) is 5.82 Å². The molecule has 0 saturated carbocycles. The Morgan fingerprint density at radius 3 is 2.96 bits per heavy atom. The van der Waals surface area contributed by atoms with Gasteiger partial charge in [-0.2, -0.15) is 0 Å². The Balaban J connectivity index is 1.62. The van der Waals surface area contributed by atoms with Crippen molar-refractivity contribution >= 4 is 46.3 Å². The van der Waals surface area contributed by atoms with Crippen molar-refractivity contribution in [3.05, 3.63) is 69.3 Å². The molecule has 0 radical (unpaired) electrons. The third-order valence-electron chi connectivity index (χ3n) is 3.88.